The highest BCUT2D eigenvalue weighted by molar-refractivity contribution is 6.34. The van der Waals surface area contributed by atoms with Gasteiger partial charge in [0, 0.05) is 5.56 Å². The molecular weight excluding hydrogens is 194 g/mol. The first-order valence-corrected chi connectivity index (χ1v) is 4.47. The molecule has 0 aromatic heterocycles. The lowest BCUT2D eigenvalue weighted by molar-refractivity contribution is -0.114. The molecule has 0 heterocycles. The number of ketones is 2. The average Bonchev–Trinajstić information content (AvgIpc) is 2.28. The number of Topliss-reactive ketones (excluding diaryl/α,β-unsaturated/α-hetero) is 2. The van der Waals surface area contributed by atoms with Gasteiger partial charge in [-0.3, -0.25) is 9.59 Å². The number of benzene rings is 1. The van der Waals surface area contributed by atoms with Crippen molar-refractivity contribution in [3.63, 3.8) is 0 Å². The summed E-state index contributed by atoms with van der Waals surface area (Å²) < 4.78 is 0. The number of carbonyl (C=O) groups is 2. The Labute approximate surface area is 87.2 Å². The van der Waals surface area contributed by atoms with Gasteiger partial charge in [0.25, 0.3) is 0 Å². The largest absolute Gasteiger partial charge is 0.411 e. The molecule has 4 nitrogen and oxygen atoms in total. The zero-order chi connectivity index (χ0) is 11.3. The SMILES string of the molecule is CC(C(=O)/C=N\O)C(=O)c1ccccc1. The molecule has 0 spiro atoms. The van der Waals surface area contributed by atoms with Crippen LogP contribution >= 0.6 is 0 Å². The van der Waals surface area contributed by atoms with E-state index in [1.165, 1.54) is 6.92 Å². The maximum Gasteiger partial charge on any atom is 0.187 e. The minimum Gasteiger partial charge on any atom is -0.411 e. The molecule has 0 bridgehead atoms. The van der Waals surface area contributed by atoms with Crippen LogP contribution in [0.25, 0.3) is 0 Å². The molecule has 1 atom stereocenters. The van der Waals surface area contributed by atoms with Gasteiger partial charge in [0.15, 0.2) is 11.6 Å². The Morgan fingerprint density at radius 1 is 1.33 bits per heavy atom. The predicted octanol–water partition coefficient (Wildman–Crippen LogP) is 1.53. The number of hydrogen-bond donors (Lipinski definition) is 1. The van der Waals surface area contributed by atoms with Crippen molar-refractivity contribution < 1.29 is 14.8 Å². The van der Waals surface area contributed by atoms with Crippen molar-refractivity contribution in [2.75, 3.05) is 0 Å². The van der Waals surface area contributed by atoms with Crippen molar-refractivity contribution in [3.8, 4) is 0 Å². The van der Waals surface area contributed by atoms with E-state index < -0.39 is 11.7 Å². The Morgan fingerprint density at radius 2 is 1.93 bits per heavy atom. The second-order valence-electron chi connectivity index (χ2n) is 3.10. The van der Waals surface area contributed by atoms with Gasteiger partial charge in [-0.1, -0.05) is 35.5 Å². The molecule has 0 saturated heterocycles. The first kappa shape index (κ1) is 11.1. The third-order valence-electron chi connectivity index (χ3n) is 2.06. The topological polar surface area (TPSA) is 66.7 Å². The molecule has 78 valence electrons. The Morgan fingerprint density at radius 3 is 2.47 bits per heavy atom. The van der Waals surface area contributed by atoms with Crippen LogP contribution in [-0.4, -0.2) is 23.0 Å². The maximum absolute atomic E-state index is 11.7. The second kappa shape index (κ2) is 5.05. The summed E-state index contributed by atoms with van der Waals surface area (Å²) in [7, 11) is 0. The van der Waals surface area contributed by atoms with Crippen molar-refractivity contribution in [3.05, 3.63) is 35.9 Å². The van der Waals surface area contributed by atoms with Crippen molar-refractivity contribution in [2.45, 2.75) is 6.92 Å². The molecule has 4 heteroatoms. The fourth-order valence-electron chi connectivity index (χ4n) is 1.15. The molecule has 1 aromatic rings. The number of hydrogen-bond acceptors (Lipinski definition) is 4. The second-order valence-corrected chi connectivity index (χ2v) is 3.10. The van der Waals surface area contributed by atoms with E-state index in [9.17, 15) is 9.59 Å². The van der Waals surface area contributed by atoms with Gasteiger partial charge in [-0.05, 0) is 6.92 Å². The van der Waals surface area contributed by atoms with Crippen LogP contribution in [0, 0.1) is 5.92 Å². The normalized spacial score (nSPS) is 12.6. The van der Waals surface area contributed by atoms with Crippen LogP contribution < -0.4 is 0 Å². The van der Waals surface area contributed by atoms with E-state index >= 15 is 0 Å². The maximum atomic E-state index is 11.7. The molecule has 1 aromatic carbocycles. The zero-order valence-electron chi connectivity index (χ0n) is 8.25. The smallest absolute Gasteiger partial charge is 0.187 e. The van der Waals surface area contributed by atoms with E-state index in [1.54, 1.807) is 30.3 Å². The molecule has 15 heavy (non-hydrogen) atoms. The molecule has 1 rings (SSSR count). The first-order valence-electron chi connectivity index (χ1n) is 4.47. The molecule has 0 aliphatic heterocycles. The van der Waals surface area contributed by atoms with Gasteiger partial charge < -0.3 is 5.21 Å². The Bertz CT molecular complexity index is 384. The van der Waals surface area contributed by atoms with Gasteiger partial charge in [-0.2, -0.15) is 0 Å². The summed E-state index contributed by atoms with van der Waals surface area (Å²) in [6, 6.07) is 8.53. The molecule has 0 aliphatic rings. The Kier molecular flexibility index (Phi) is 3.74. The highest BCUT2D eigenvalue weighted by Gasteiger charge is 2.20. The van der Waals surface area contributed by atoms with Gasteiger partial charge in [0.2, 0.25) is 0 Å². The number of nitrogens with zero attached hydrogens (tertiary/aromatic N) is 1. The summed E-state index contributed by atoms with van der Waals surface area (Å²) in [4.78, 5) is 22.9. The fourth-order valence-corrected chi connectivity index (χ4v) is 1.15. The summed E-state index contributed by atoms with van der Waals surface area (Å²) in [5, 5.41) is 10.8. The van der Waals surface area contributed by atoms with Gasteiger partial charge in [-0.25, -0.2) is 0 Å². The summed E-state index contributed by atoms with van der Waals surface area (Å²) in [5.74, 6) is -1.60. The number of carbonyl (C=O) groups excluding carboxylic acids is 2. The highest BCUT2D eigenvalue weighted by Crippen LogP contribution is 2.08. The Hall–Kier alpha value is -1.97. The predicted molar refractivity (Wildman–Crippen MR) is 55.2 cm³/mol. The van der Waals surface area contributed by atoms with Crippen LogP contribution in [0.15, 0.2) is 35.5 Å². The van der Waals surface area contributed by atoms with Crippen LogP contribution in [0.4, 0.5) is 0 Å². The van der Waals surface area contributed by atoms with E-state index in [1.807, 2.05) is 0 Å². The zero-order valence-corrected chi connectivity index (χ0v) is 8.25. The molecule has 1 unspecified atom stereocenters. The summed E-state index contributed by atoms with van der Waals surface area (Å²) in [5.41, 5.74) is 0.477. The number of oxime groups is 1. The number of rotatable bonds is 4. The van der Waals surface area contributed by atoms with Crippen LogP contribution in [0.5, 0.6) is 0 Å². The lowest BCUT2D eigenvalue weighted by Crippen LogP contribution is -2.22. The Balaban J connectivity index is 2.82. The third kappa shape index (κ3) is 2.74. The van der Waals surface area contributed by atoms with E-state index in [0.29, 0.717) is 5.56 Å². The van der Waals surface area contributed by atoms with Crippen molar-refractivity contribution >= 4 is 17.8 Å². The fraction of sp³-hybridized carbons (Fsp3) is 0.182. The van der Waals surface area contributed by atoms with Crippen molar-refractivity contribution in [2.24, 2.45) is 11.1 Å². The standard InChI is InChI=1S/C11H11NO3/c1-8(10(13)7-12-15)11(14)9-5-3-2-4-6-9/h2-8,15H,1H3/b12-7-. The molecular formula is C11H11NO3. The molecule has 0 fully saturated rings. The molecule has 0 aliphatic carbocycles. The quantitative estimate of drug-likeness (QED) is 0.266. The van der Waals surface area contributed by atoms with E-state index in [4.69, 9.17) is 5.21 Å². The minimum atomic E-state index is -0.816. The highest BCUT2D eigenvalue weighted by atomic mass is 16.4. The summed E-state index contributed by atoms with van der Waals surface area (Å²) in [6.45, 7) is 1.49. The van der Waals surface area contributed by atoms with Crippen LogP contribution in [0.3, 0.4) is 0 Å². The molecule has 0 amide bonds. The average molecular weight is 205 g/mol. The lowest BCUT2D eigenvalue weighted by atomic mass is 9.96. The van der Waals surface area contributed by atoms with Gasteiger partial charge in [0.05, 0.1) is 5.92 Å². The van der Waals surface area contributed by atoms with Crippen LogP contribution in [-0.2, 0) is 4.79 Å². The van der Waals surface area contributed by atoms with E-state index in [0.717, 1.165) is 6.21 Å². The minimum absolute atomic E-state index is 0.277. The summed E-state index contributed by atoms with van der Waals surface area (Å²) >= 11 is 0. The monoisotopic (exact) mass is 205 g/mol. The molecule has 1 N–H and O–H groups in total. The van der Waals surface area contributed by atoms with E-state index in [2.05, 4.69) is 5.16 Å². The summed E-state index contributed by atoms with van der Waals surface area (Å²) in [6.07, 6.45) is 0.742. The molecule has 0 radical (unpaired) electrons. The van der Waals surface area contributed by atoms with Crippen molar-refractivity contribution in [1.29, 1.82) is 0 Å². The third-order valence-corrected chi connectivity index (χ3v) is 2.06. The van der Waals surface area contributed by atoms with Gasteiger partial charge >= 0.3 is 0 Å². The van der Waals surface area contributed by atoms with E-state index in [-0.39, 0.29) is 5.78 Å². The van der Waals surface area contributed by atoms with Gasteiger partial charge in [-0.15, -0.1) is 0 Å². The van der Waals surface area contributed by atoms with Crippen LogP contribution in [0.2, 0.25) is 0 Å². The first-order chi connectivity index (χ1) is 7.16. The molecule has 0 saturated carbocycles. The van der Waals surface area contributed by atoms with Gasteiger partial charge in [0.1, 0.15) is 6.21 Å². The van der Waals surface area contributed by atoms with Crippen LogP contribution in [0.1, 0.15) is 17.3 Å². The lowest BCUT2D eigenvalue weighted by Gasteiger charge is -2.05. The van der Waals surface area contributed by atoms with Crippen molar-refractivity contribution in [1.82, 2.24) is 0 Å².